The molecule has 0 radical (unpaired) electrons. The molecular formula is C18H11N5O. The summed E-state index contributed by atoms with van der Waals surface area (Å²) in [6, 6.07) is 16.8. The Morgan fingerprint density at radius 3 is 2.58 bits per heavy atom. The van der Waals surface area contributed by atoms with Crippen LogP contribution < -0.4 is 11.4 Å². The van der Waals surface area contributed by atoms with Crippen LogP contribution in [0.4, 0.5) is 0 Å². The maximum Gasteiger partial charge on any atom is 0.346 e. The molecule has 2 aromatic carbocycles. The molecule has 3 N–H and O–H groups in total. The van der Waals surface area contributed by atoms with Crippen LogP contribution >= 0.6 is 0 Å². The van der Waals surface area contributed by atoms with Gasteiger partial charge in [-0.2, -0.15) is 10.2 Å². The van der Waals surface area contributed by atoms with Crippen LogP contribution in [0.25, 0.3) is 22.2 Å². The molecule has 24 heavy (non-hydrogen) atoms. The van der Waals surface area contributed by atoms with Crippen molar-refractivity contribution in [3.05, 3.63) is 75.8 Å². The normalized spacial score (nSPS) is 14.9. The predicted octanol–water partition coefficient (Wildman–Crippen LogP) is 2.03. The van der Waals surface area contributed by atoms with Crippen molar-refractivity contribution < 1.29 is 0 Å². The summed E-state index contributed by atoms with van der Waals surface area (Å²) in [7, 11) is 0. The molecule has 0 amide bonds. The number of fused-ring (bicyclic) bond motifs is 2. The minimum atomic E-state index is -0.514. The van der Waals surface area contributed by atoms with Crippen molar-refractivity contribution in [2.75, 3.05) is 0 Å². The molecule has 6 heteroatoms. The lowest BCUT2D eigenvalue weighted by molar-refractivity contribution is 1.10. The topological polar surface area (TPSA) is 108 Å². The Bertz CT molecular complexity index is 1150. The van der Waals surface area contributed by atoms with E-state index in [1.165, 1.54) is 0 Å². The number of nitriles is 1. The largest absolute Gasteiger partial charge is 0.383 e. The highest BCUT2D eigenvalue weighted by Gasteiger charge is 2.23. The molecule has 4 rings (SSSR count). The minimum Gasteiger partial charge on any atom is -0.383 e. The number of H-pyrrole nitrogens is 1. The number of aliphatic imine (C=N–C) groups is 1. The summed E-state index contributed by atoms with van der Waals surface area (Å²) in [6.45, 7) is 0. The second-order valence-corrected chi connectivity index (χ2v) is 5.31. The number of hydrogen-bond acceptors (Lipinski definition) is 5. The molecule has 0 saturated carbocycles. The zero-order valence-electron chi connectivity index (χ0n) is 12.4. The number of nitrogens with two attached hydrogens (primary N) is 1. The molecule has 0 fully saturated rings. The van der Waals surface area contributed by atoms with Gasteiger partial charge in [0.1, 0.15) is 17.5 Å². The first kappa shape index (κ1) is 13.9. The first-order valence-electron chi connectivity index (χ1n) is 7.27. The van der Waals surface area contributed by atoms with Crippen molar-refractivity contribution in [3.8, 4) is 6.07 Å². The molecule has 0 atom stereocenters. The van der Waals surface area contributed by atoms with Crippen LogP contribution in [-0.4, -0.2) is 15.8 Å². The molecule has 0 aliphatic carbocycles. The molecule has 0 saturated heterocycles. The zero-order chi connectivity index (χ0) is 16.7. The average Bonchev–Trinajstić information content (AvgIpc) is 2.93. The van der Waals surface area contributed by atoms with Gasteiger partial charge >= 0.3 is 5.69 Å². The summed E-state index contributed by atoms with van der Waals surface area (Å²) in [6.07, 6.45) is 0. The van der Waals surface area contributed by atoms with E-state index in [-0.39, 0.29) is 5.57 Å². The Morgan fingerprint density at radius 2 is 1.79 bits per heavy atom. The van der Waals surface area contributed by atoms with E-state index in [1.54, 1.807) is 12.1 Å². The number of allylic oxidation sites excluding steroid dienone is 1. The van der Waals surface area contributed by atoms with Crippen LogP contribution in [0.5, 0.6) is 0 Å². The molecule has 114 valence electrons. The van der Waals surface area contributed by atoms with E-state index in [9.17, 15) is 10.1 Å². The van der Waals surface area contributed by atoms with Crippen molar-refractivity contribution in [2.45, 2.75) is 0 Å². The van der Waals surface area contributed by atoms with E-state index in [2.05, 4.69) is 21.0 Å². The fourth-order valence-corrected chi connectivity index (χ4v) is 2.86. The lowest BCUT2D eigenvalue weighted by Gasteiger charge is -2.06. The van der Waals surface area contributed by atoms with Gasteiger partial charge in [0.15, 0.2) is 0 Å². The van der Waals surface area contributed by atoms with E-state index in [0.717, 1.165) is 11.1 Å². The smallest absolute Gasteiger partial charge is 0.346 e. The van der Waals surface area contributed by atoms with Crippen molar-refractivity contribution in [2.24, 2.45) is 10.7 Å². The summed E-state index contributed by atoms with van der Waals surface area (Å²) >= 11 is 0. The molecule has 2 heterocycles. The van der Waals surface area contributed by atoms with Gasteiger partial charge < -0.3 is 10.7 Å². The minimum absolute atomic E-state index is 0.227. The van der Waals surface area contributed by atoms with E-state index < -0.39 is 5.69 Å². The van der Waals surface area contributed by atoms with Gasteiger partial charge in [0, 0.05) is 16.5 Å². The first-order chi connectivity index (χ1) is 11.7. The van der Waals surface area contributed by atoms with E-state index in [0.29, 0.717) is 28.1 Å². The van der Waals surface area contributed by atoms with Crippen molar-refractivity contribution in [1.82, 2.24) is 9.97 Å². The standard InChI is InChI=1S/C18H11N5O/c19-9-13(15-10-5-1-2-6-11(10)17(20)22-15)16-12-7-3-4-8-14(12)21-18(24)23-16/h1-8H,(H2,20,22)(H,21,23,24). The molecule has 6 nitrogen and oxygen atoms in total. The molecule has 0 unspecified atom stereocenters. The number of benzene rings is 2. The summed E-state index contributed by atoms with van der Waals surface area (Å²) in [4.78, 5) is 22.9. The number of hydrogen-bond donors (Lipinski definition) is 2. The van der Waals surface area contributed by atoms with Gasteiger partial charge in [0.25, 0.3) is 0 Å². The lowest BCUT2D eigenvalue weighted by atomic mass is 10.0. The second kappa shape index (κ2) is 5.18. The van der Waals surface area contributed by atoms with Crippen LogP contribution in [0.15, 0.2) is 58.3 Å². The summed E-state index contributed by atoms with van der Waals surface area (Å²) in [5, 5.41) is 10.4. The van der Waals surface area contributed by atoms with Gasteiger partial charge in [-0.1, -0.05) is 42.5 Å². The number of nitrogens with one attached hydrogen (secondary N) is 1. The predicted molar refractivity (Wildman–Crippen MR) is 92.0 cm³/mol. The molecule has 3 aromatic rings. The number of rotatable bonds is 1. The van der Waals surface area contributed by atoms with Crippen molar-refractivity contribution >= 4 is 28.0 Å². The second-order valence-electron chi connectivity index (χ2n) is 5.31. The Hall–Kier alpha value is -3.72. The van der Waals surface area contributed by atoms with Gasteiger partial charge in [0.2, 0.25) is 0 Å². The van der Waals surface area contributed by atoms with E-state index in [4.69, 9.17) is 5.73 Å². The van der Waals surface area contributed by atoms with E-state index in [1.807, 2.05) is 36.4 Å². The third-order valence-electron chi connectivity index (χ3n) is 3.91. The first-order valence-corrected chi connectivity index (χ1v) is 7.27. The van der Waals surface area contributed by atoms with Crippen LogP contribution in [0, 0.1) is 11.3 Å². The van der Waals surface area contributed by atoms with Gasteiger partial charge in [-0.3, -0.25) is 0 Å². The van der Waals surface area contributed by atoms with Gasteiger partial charge in [-0.25, -0.2) is 9.79 Å². The Labute approximate surface area is 136 Å². The maximum absolute atomic E-state index is 11.9. The van der Waals surface area contributed by atoms with E-state index >= 15 is 0 Å². The van der Waals surface area contributed by atoms with Crippen LogP contribution in [0.2, 0.25) is 0 Å². The zero-order valence-corrected chi connectivity index (χ0v) is 12.4. The Morgan fingerprint density at radius 1 is 1.08 bits per heavy atom. The number of aromatic nitrogens is 2. The lowest BCUT2D eigenvalue weighted by Crippen LogP contribution is -2.13. The van der Waals surface area contributed by atoms with Gasteiger partial charge in [-0.05, 0) is 6.07 Å². The number of nitrogens with zero attached hydrogens (tertiary/aromatic N) is 3. The van der Waals surface area contributed by atoms with Crippen molar-refractivity contribution in [3.63, 3.8) is 0 Å². The summed E-state index contributed by atoms with van der Waals surface area (Å²) in [5.41, 5.74) is 8.58. The Kier molecular flexibility index (Phi) is 3.00. The molecule has 1 aromatic heterocycles. The summed E-state index contributed by atoms with van der Waals surface area (Å²) in [5.74, 6) is 0.350. The molecule has 1 aliphatic heterocycles. The Balaban J connectivity index is 2.10. The molecular weight excluding hydrogens is 302 g/mol. The highest BCUT2D eigenvalue weighted by atomic mass is 16.1. The molecule has 1 aliphatic rings. The maximum atomic E-state index is 11.9. The summed E-state index contributed by atoms with van der Waals surface area (Å²) < 4.78 is 0. The third-order valence-corrected chi connectivity index (χ3v) is 3.91. The fraction of sp³-hybridized carbons (Fsp3) is 0. The van der Waals surface area contributed by atoms with Gasteiger partial charge in [0.05, 0.1) is 16.9 Å². The third kappa shape index (κ3) is 2.00. The van der Waals surface area contributed by atoms with Crippen LogP contribution in [-0.2, 0) is 0 Å². The van der Waals surface area contributed by atoms with Crippen LogP contribution in [0.1, 0.15) is 16.8 Å². The highest BCUT2D eigenvalue weighted by Crippen LogP contribution is 2.34. The molecule has 0 spiro atoms. The number of amidine groups is 1. The fourth-order valence-electron chi connectivity index (χ4n) is 2.86. The average molecular weight is 313 g/mol. The van der Waals surface area contributed by atoms with Crippen LogP contribution in [0.3, 0.4) is 0 Å². The highest BCUT2D eigenvalue weighted by molar-refractivity contribution is 6.15. The number of para-hydroxylation sites is 1. The monoisotopic (exact) mass is 313 g/mol. The quantitative estimate of drug-likeness (QED) is 0.670. The SMILES string of the molecule is N#CC(=C1N=C(N)c2ccccc21)c1nc(=O)[nH]c2ccccc12. The van der Waals surface area contributed by atoms with Gasteiger partial charge in [-0.15, -0.1) is 0 Å². The molecule has 0 bridgehead atoms. The number of aromatic amines is 1. The van der Waals surface area contributed by atoms with Crippen molar-refractivity contribution in [1.29, 1.82) is 5.26 Å².